The molecule has 0 bridgehead atoms. The van der Waals surface area contributed by atoms with Gasteiger partial charge in [0.1, 0.15) is 6.07 Å². The zero-order valence-electron chi connectivity index (χ0n) is 10.8. The summed E-state index contributed by atoms with van der Waals surface area (Å²) >= 11 is 3.39. The van der Waals surface area contributed by atoms with Crippen LogP contribution in [0.2, 0.25) is 0 Å². The van der Waals surface area contributed by atoms with Crippen molar-refractivity contribution in [1.82, 2.24) is 0 Å². The lowest BCUT2D eigenvalue weighted by Gasteiger charge is -2.10. The fraction of sp³-hybridized carbons (Fsp3) is 0.0667. The highest BCUT2D eigenvalue weighted by Crippen LogP contribution is 2.22. The van der Waals surface area contributed by atoms with Gasteiger partial charge >= 0.3 is 0 Å². The van der Waals surface area contributed by atoms with Gasteiger partial charge in [-0.2, -0.15) is 5.26 Å². The number of carbonyl (C=O) groups is 1. The molecule has 0 radical (unpaired) electrons. The first-order valence-electron chi connectivity index (χ1n) is 5.89. The Morgan fingerprint density at radius 1 is 1.35 bits per heavy atom. The predicted octanol–water partition coefficient (Wildman–Crippen LogP) is 3.46. The number of amides is 1. The van der Waals surface area contributed by atoms with Crippen molar-refractivity contribution in [2.45, 2.75) is 6.92 Å². The Morgan fingerprint density at radius 2 is 2.10 bits per heavy atom. The van der Waals surface area contributed by atoms with E-state index in [-0.39, 0.29) is 5.91 Å². The predicted molar refractivity (Wildman–Crippen MR) is 82.4 cm³/mol. The third-order valence-electron chi connectivity index (χ3n) is 2.92. The standard InChI is InChI=1S/C15H12BrN3O/c1-9-12(3-2-4-13(9)16)15(20)19-14-6-5-11(18)7-10(14)8-17/h2-7H,18H2,1H3,(H,19,20). The minimum atomic E-state index is -0.259. The number of anilines is 2. The Morgan fingerprint density at radius 3 is 2.80 bits per heavy atom. The SMILES string of the molecule is Cc1c(Br)cccc1C(=O)Nc1ccc(N)cc1C#N. The van der Waals surface area contributed by atoms with Crippen molar-refractivity contribution in [2.75, 3.05) is 11.1 Å². The largest absolute Gasteiger partial charge is 0.399 e. The molecule has 0 saturated heterocycles. The van der Waals surface area contributed by atoms with E-state index in [2.05, 4.69) is 21.2 Å². The van der Waals surface area contributed by atoms with E-state index in [9.17, 15) is 4.79 Å². The van der Waals surface area contributed by atoms with Crippen molar-refractivity contribution in [3.05, 3.63) is 57.6 Å². The second kappa shape index (κ2) is 5.76. The van der Waals surface area contributed by atoms with Gasteiger partial charge in [-0.1, -0.05) is 22.0 Å². The van der Waals surface area contributed by atoms with Crippen LogP contribution in [0.1, 0.15) is 21.5 Å². The summed E-state index contributed by atoms with van der Waals surface area (Å²) in [5.41, 5.74) is 8.29. The van der Waals surface area contributed by atoms with Gasteiger partial charge in [-0.05, 0) is 42.8 Å². The number of rotatable bonds is 2. The quantitative estimate of drug-likeness (QED) is 0.828. The Labute approximate surface area is 125 Å². The molecule has 0 fully saturated rings. The first-order chi connectivity index (χ1) is 9.52. The molecule has 0 aliphatic rings. The number of benzene rings is 2. The molecule has 1 amide bonds. The highest BCUT2D eigenvalue weighted by atomic mass is 79.9. The normalized spacial score (nSPS) is 9.85. The minimum Gasteiger partial charge on any atom is -0.399 e. The van der Waals surface area contributed by atoms with Crippen LogP contribution in [-0.2, 0) is 0 Å². The van der Waals surface area contributed by atoms with E-state index in [4.69, 9.17) is 11.0 Å². The number of carbonyl (C=O) groups excluding carboxylic acids is 1. The molecule has 0 atom stereocenters. The van der Waals surface area contributed by atoms with Crippen LogP contribution in [0.5, 0.6) is 0 Å². The van der Waals surface area contributed by atoms with Crippen molar-refractivity contribution >= 4 is 33.2 Å². The fourth-order valence-corrected chi connectivity index (χ4v) is 2.17. The van der Waals surface area contributed by atoms with Crippen LogP contribution in [0.4, 0.5) is 11.4 Å². The van der Waals surface area contributed by atoms with Crippen molar-refractivity contribution in [2.24, 2.45) is 0 Å². The number of nitriles is 1. The number of hydrogen-bond acceptors (Lipinski definition) is 3. The first kappa shape index (κ1) is 14.1. The third kappa shape index (κ3) is 2.81. The summed E-state index contributed by atoms with van der Waals surface area (Å²) < 4.78 is 0.864. The first-order valence-corrected chi connectivity index (χ1v) is 6.68. The summed E-state index contributed by atoms with van der Waals surface area (Å²) in [7, 11) is 0. The lowest BCUT2D eigenvalue weighted by molar-refractivity contribution is 0.102. The number of nitrogens with two attached hydrogens (primary N) is 1. The molecule has 100 valence electrons. The summed E-state index contributed by atoms with van der Waals surface area (Å²) in [6, 6.07) is 12.2. The zero-order chi connectivity index (χ0) is 14.7. The molecule has 0 saturated carbocycles. The maximum absolute atomic E-state index is 12.3. The maximum atomic E-state index is 12.3. The van der Waals surface area contributed by atoms with Crippen molar-refractivity contribution in [3.63, 3.8) is 0 Å². The average molecular weight is 330 g/mol. The Bertz CT molecular complexity index is 720. The highest BCUT2D eigenvalue weighted by Gasteiger charge is 2.12. The van der Waals surface area contributed by atoms with Crippen LogP contribution < -0.4 is 11.1 Å². The van der Waals surface area contributed by atoms with E-state index in [1.54, 1.807) is 24.3 Å². The van der Waals surface area contributed by atoms with E-state index in [1.165, 1.54) is 6.07 Å². The number of nitrogens with one attached hydrogen (secondary N) is 1. The number of halogens is 1. The molecule has 0 aliphatic carbocycles. The van der Waals surface area contributed by atoms with Gasteiger partial charge in [0.15, 0.2) is 0 Å². The van der Waals surface area contributed by atoms with Crippen LogP contribution in [0, 0.1) is 18.3 Å². The smallest absolute Gasteiger partial charge is 0.256 e. The third-order valence-corrected chi connectivity index (χ3v) is 3.78. The number of hydrogen-bond donors (Lipinski definition) is 2. The molecule has 20 heavy (non-hydrogen) atoms. The monoisotopic (exact) mass is 329 g/mol. The van der Waals surface area contributed by atoms with Gasteiger partial charge in [0.2, 0.25) is 0 Å². The summed E-state index contributed by atoms with van der Waals surface area (Å²) in [5.74, 6) is -0.259. The number of nitrogens with zero attached hydrogens (tertiary/aromatic N) is 1. The Hall–Kier alpha value is -2.32. The molecule has 5 heteroatoms. The van der Waals surface area contributed by atoms with Crippen LogP contribution in [0.25, 0.3) is 0 Å². The molecule has 0 spiro atoms. The minimum absolute atomic E-state index is 0.259. The van der Waals surface area contributed by atoms with Gasteiger partial charge in [0.05, 0.1) is 11.3 Å². The van der Waals surface area contributed by atoms with E-state index in [0.717, 1.165) is 10.0 Å². The van der Waals surface area contributed by atoms with E-state index in [1.807, 2.05) is 19.1 Å². The summed E-state index contributed by atoms with van der Waals surface area (Å²) in [5, 5.41) is 11.8. The van der Waals surface area contributed by atoms with Crippen molar-refractivity contribution < 1.29 is 4.79 Å². The molecular formula is C15H12BrN3O. The second-order valence-electron chi connectivity index (χ2n) is 4.28. The van der Waals surface area contributed by atoms with E-state index < -0.39 is 0 Å². The molecule has 0 aliphatic heterocycles. The van der Waals surface area contributed by atoms with Crippen LogP contribution >= 0.6 is 15.9 Å². The molecule has 2 aromatic rings. The lowest BCUT2D eigenvalue weighted by Crippen LogP contribution is -2.14. The number of nitrogen functional groups attached to an aromatic ring is 1. The van der Waals surface area contributed by atoms with Gasteiger partial charge in [-0.3, -0.25) is 4.79 Å². The van der Waals surface area contributed by atoms with Crippen LogP contribution in [-0.4, -0.2) is 5.91 Å². The molecule has 0 aromatic heterocycles. The van der Waals surface area contributed by atoms with Crippen molar-refractivity contribution in [1.29, 1.82) is 5.26 Å². The second-order valence-corrected chi connectivity index (χ2v) is 5.14. The van der Waals surface area contributed by atoms with Crippen LogP contribution in [0.3, 0.4) is 0 Å². The van der Waals surface area contributed by atoms with Gasteiger partial charge in [-0.25, -0.2) is 0 Å². The summed E-state index contributed by atoms with van der Waals surface area (Å²) in [6.45, 7) is 1.85. The molecule has 0 heterocycles. The topological polar surface area (TPSA) is 78.9 Å². The van der Waals surface area contributed by atoms with E-state index in [0.29, 0.717) is 22.5 Å². The van der Waals surface area contributed by atoms with Gasteiger partial charge in [0.25, 0.3) is 5.91 Å². The molecule has 3 N–H and O–H groups in total. The molecule has 0 unspecified atom stereocenters. The highest BCUT2D eigenvalue weighted by molar-refractivity contribution is 9.10. The average Bonchev–Trinajstić information content (AvgIpc) is 2.43. The Kier molecular flexibility index (Phi) is 4.06. The summed E-state index contributed by atoms with van der Waals surface area (Å²) in [4.78, 5) is 12.3. The zero-order valence-corrected chi connectivity index (χ0v) is 12.4. The molecule has 2 rings (SSSR count). The fourth-order valence-electron chi connectivity index (χ4n) is 1.81. The van der Waals surface area contributed by atoms with E-state index >= 15 is 0 Å². The van der Waals surface area contributed by atoms with Crippen molar-refractivity contribution in [3.8, 4) is 6.07 Å². The molecule has 2 aromatic carbocycles. The Balaban J connectivity index is 2.33. The molecular weight excluding hydrogens is 318 g/mol. The summed E-state index contributed by atoms with van der Waals surface area (Å²) in [6.07, 6.45) is 0. The van der Waals surface area contributed by atoms with Gasteiger partial charge in [-0.15, -0.1) is 0 Å². The van der Waals surface area contributed by atoms with Gasteiger partial charge in [0, 0.05) is 15.7 Å². The maximum Gasteiger partial charge on any atom is 0.256 e. The lowest BCUT2D eigenvalue weighted by atomic mass is 10.1. The molecule has 4 nitrogen and oxygen atoms in total. The van der Waals surface area contributed by atoms with Crippen LogP contribution in [0.15, 0.2) is 40.9 Å². The van der Waals surface area contributed by atoms with Gasteiger partial charge < -0.3 is 11.1 Å².